The van der Waals surface area contributed by atoms with Gasteiger partial charge in [-0.2, -0.15) is 0 Å². The lowest BCUT2D eigenvalue weighted by Gasteiger charge is -2.32. The van der Waals surface area contributed by atoms with E-state index in [9.17, 15) is 13.2 Å². The third-order valence-electron chi connectivity index (χ3n) is 5.12. The minimum Gasteiger partial charge on any atom is -0.406 e. The van der Waals surface area contributed by atoms with Crippen molar-refractivity contribution in [2.45, 2.75) is 50.6 Å². The summed E-state index contributed by atoms with van der Waals surface area (Å²) in [7, 11) is 0. The lowest BCUT2D eigenvalue weighted by Crippen LogP contribution is -2.38. The second-order valence-electron chi connectivity index (χ2n) is 7.46. The van der Waals surface area contributed by atoms with Gasteiger partial charge in [-0.05, 0) is 49.4 Å². The average Bonchev–Trinajstić information content (AvgIpc) is 3.49. The SMILES string of the molecule is FC(F)(F)Oc1ccc(CN2CCC(Nc3ccnc(C4CC4)n3)CC2)cc1. The van der Waals surface area contributed by atoms with Crippen LogP contribution >= 0.6 is 0 Å². The van der Waals surface area contributed by atoms with E-state index in [1.54, 1.807) is 12.1 Å². The topological polar surface area (TPSA) is 50.3 Å². The van der Waals surface area contributed by atoms with Crippen molar-refractivity contribution in [3.8, 4) is 5.75 Å². The molecule has 1 saturated heterocycles. The number of hydrogen-bond acceptors (Lipinski definition) is 5. The molecular weight excluding hydrogens is 369 g/mol. The summed E-state index contributed by atoms with van der Waals surface area (Å²) < 4.78 is 40.6. The van der Waals surface area contributed by atoms with Crippen LogP contribution in [0.15, 0.2) is 36.5 Å². The number of anilines is 1. The highest BCUT2D eigenvalue weighted by molar-refractivity contribution is 5.35. The summed E-state index contributed by atoms with van der Waals surface area (Å²) in [6.45, 7) is 2.58. The summed E-state index contributed by atoms with van der Waals surface area (Å²) in [5.41, 5.74) is 0.978. The van der Waals surface area contributed by atoms with Crippen molar-refractivity contribution >= 4 is 5.82 Å². The summed E-state index contributed by atoms with van der Waals surface area (Å²) >= 11 is 0. The Labute approximate surface area is 161 Å². The predicted octanol–water partition coefficient (Wildman–Crippen LogP) is 4.33. The zero-order chi connectivity index (χ0) is 19.6. The minimum atomic E-state index is -4.65. The van der Waals surface area contributed by atoms with Gasteiger partial charge in [0.15, 0.2) is 0 Å². The molecule has 5 nitrogen and oxygen atoms in total. The Kier molecular flexibility index (Phi) is 5.39. The molecule has 1 aromatic heterocycles. The second-order valence-corrected chi connectivity index (χ2v) is 7.46. The molecule has 0 atom stereocenters. The van der Waals surface area contributed by atoms with Gasteiger partial charge < -0.3 is 10.1 Å². The quantitative estimate of drug-likeness (QED) is 0.793. The van der Waals surface area contributed by atoms with Crippen LogP contribution in [0, 0.1) is 0 Å². The Hall–Kier alpha value is -2.35. The van der Waals surface area contributed by atoms with Gasteiger partial charge >= 0.3 is 6.36 Å². The Morgan fingerprint density at radius 2 is 1.75 bits per heavy atom. The number of nitrogens with one attached hydrogen (secondary N) is 1. The number of halogens is 3. The highest BCUT2D eigenvalue weighted by Crippen LogP contribution is 2.38. The molecule has 1 aliphatic heterocycles. The van der Waals surface area contributed by atoms with Crippen LogP contribution in [0.2, 0.25) is 0 Å². The Balaban J connectivity index is 1.24. The van der Waals surface area contributed by atoms with E-state index in [1.165, 1.54) is 25.0 Å². The van der Waals surface area contributed by atoms with Gasteiger partial charge in [0.1, 0.15) is 17.4 Å². The maximum absolute atomic E-state index is 12.2. The first-order valence-electron chi connectivity index (χ1n) is 9.61. The van der Waals surface area contributed by atoms with E-state index in [-0.39, 0.29) is 5.75 Å². The molecule has 2 aliphatic rings. The summed E-state index contributed by atoms with van der Waals surface area (Å²) in [4.78, 5) is 11.3. The molecule has 4 rings (SSSR count). The number of likely N-dealkylation sites (tertiary alicyclic amines) is 1. The van der Waals surface area contributed by atoms with Gasteiger partial charge in [0, 0.05) is 37.8 Å². The van der Waals surface area contributed by atoms with E-state index in [2.05, 4.69) is 24.9 Å². The summed E-state index contributed by atoms with van der Waals surface area (Å²) in [5.74, 6) is 2.20. The lowest BCUT2D eigenvalue weighted by molar-refractivity contribution is -0.274. The van der Waals surface area contributed by atoms with Crippen LogP contribution in [0.1, 0.15) is 43.0 Å². The standard InChI is InChI=1S/C20H23F3N4O/c21-20(22,23)28-17-5-1-14(2-6-17)13-27-11-8-16(9-12-27)25-18-7-10-24-19(26-18)15-3-4-15/h1-2,5-7,10,15-16H,3-4,8-9,11-13H2,(H,24,25,26). The van der Waals surface area contributed by atoms with E-state index in [1.807, 2.05) is 12.3 Å². The first kappa shape index (κ1) is 19.0. The molecule has 0 amide bonds. The monoisotopic (exact) mass is 392 g/mol. The Morgan fingerprint density at radius 3 is 2.39 bits per heavy atom. The normalized spacial score (nSPS) is 18.8. The van der Waals surface area contributed by atoms with Crippen molar-refractivity contribution in [3.05, 3.63) is 47.9 Å². The van der Waals surface area contributed by atoms with Crippen LogP contribution in [0.4, 0.5) is 19.0 Å². The predicted molar refractivity (Wildman–Crippen MR) is 99.1 cm³/mol. The summed E-state index contributed by atoms with van der Waals surface area (Å²) in [6, 6.07) is 8.40. The molecular formula is C20H23F3N4O. The number of benzene rings is 1. The molecule has 1 N–H and O–H groups in total. The number of alkyl halides is 3. The van der Waals surface area contributed by atoms with Crippen molar-refractivity contribution < 1.29 is 17.9 Å². The Morgan fingerprint density at radius 1 is 1.04 bits per heavy atom. The number of piperidine rings is 1. The number of rotatable bonds is 6. The van der Waals surface area contributed by atoms with Crippen LogP contribution < -0.4 is 10.1 Å². The molecule has 8 heteroatoms. The fraction of sp³-hybridized carbons (Fsp3) is 0.500. The van der Waals surface area contributed by atoms with E-state index >= 15 is 0 Å². The molecule has 2 fully saturated rings. The molecule has 28 heavy (non-hydrogen) atoms. The summed E-state index contributed by atoms with van der Waals surface area (Å²) in [5, 5.41) is 3.52. The third kappa shape index (κ3) is 5.34. The highest BCUT2D eigenvalue weighted by atomic mass is 19.4. The number of aromatic nitrogens is 2. The number of nitrogens with zero attached hydrogens (tertiary/aromatic N) is 3. The van der Waals surface area contributed by atoms with Crippen molar-refractivity contribution in [1.82, 2.24) is 14.9 Å². The van der Waals surface area contributed by atoms with Crippen molar-refractivity contribution in [3.63, 3.8) is 0 Å². The van der Waals surface area contributed by atoms with Crippen LogP contribution in [0.25, 0.3) is 0 Å². The lowest BCUT2D eigenvalue weighted by atomic mass is 10.0. The average molecular weight is 392 g/mol. The van der Waals surface area contributed by atoms with E-state index in [0.29, 0.717) is 12.0 Å². The number of hydrogen-bond donors (Lipinski definition) is 1. The molecule has 1 aliphatic carbocycles. The number of ether oxygens (including phenoxy) is 1. The smallest absolute Gasteiger partial charge is 0.406 e. The maximum atomic E-state index is 12.2. The van der Waals surface area contributed by atoms with Gasteiger partial charge in [-0.1, -0.05) is 12.1 Å². The molecule has 0 unspecified atom stereocenters. The van der Waals surface area contributed by atoms with Crippen molar-refractivity contribution in [2.24, 2.45) is 0 Å². The third-order valence-corrected chi connectivity index (χ3v) is 5.12. The molecule has 0 radical (unpaired) electrons. The Bertz CT molecular complexity index is 785. The van der Waals surface area contributed by atoms with Crippen LogP contribution in [0.3, 0.4) is 0 Å². The molecule has 150 valence electrons. The van der Waals surface area contributed by atoms with Crippen LogP contribution in [-0.4, -0.2) is 40.4 Å². The zero-order valence-corrected chi connectivity index (χ0v) is 15.5. The maximum Gasteiger partial charge on any atom is 0.573 e. The largest absolute Gasteiger partial charge is 0.573 e. The van der Waals surface area contributed by atoms with Crippen LogP contribution in [0.5, 0.6) is 5.75 Å². The highest BCUT2D eigenvalue weighted by Gasteiger charge is 2.31. The molecule has 2 heterocycles. The van der Waals surface area contributed by atoms with Gasteiger partial charge in [0.05, 0.1) is 0 Å². The molecule has 0 bridgehead atoms. The van der Waals surface area contributed by atoms with E-state index in [0.717, 1.165) is 49.7 Å². The minimum absolute atomic E-state index is 0.186. The fourth-order valence-electron chi connectivity index (χ4n) is 3.49. The molecule has 1 aromatic carbocycles. The summed E-state index contributed by atoms with van der Waals surface area (Å²) in [6.07, 6.45) is 1.54. The molecule has 0 spiro atoms. The van der Waals surface area contributed by atoms with Gasteiger partial charge in [-0.15, -0.1) is 13.2 Å². The van der Waals surface area contributed by atoms with Crippen molar-refractivity contribution in [1.29, 1.82) is 0 Å². The van der Waals surface area contributed by atoms with Gasteiger partial charge in [-0.25, -0.2) is 9.97 Å². The first-order chi connectivity index (χ1) is 13.4. The molecule has 1 saturated carbocycles. The first-order valence-corrected chi connectivity index (χ1v) is 9.61. The van der Waals surface area contributed by atoms with E-state index < -0.39 is 6.36 Å². The van der Waals surface area contributed by atoms with Gasteiger partial charge in [-0.3, -0.25) is 4.90 Å². The van der Waals surface area contributed by atoms with Crippen molar-refractivity contribution in [2.75, 3.05) is 18.4 Å². The van der Waals surface area contributed by atoms with Crippen LogP contribution in [-0.2, 0) is 6.54 Å². The zero-order valence-electron chi connectivity index (χ0n) is 15.5. The fourth-order valence-corrected chi connectivity index (χ4v) is 3.49. The van der Waals surface area contributed by atoms with Gasteiger partial charge in [0.25, 0.3) is 0 Å². The second kappa shape index (κ2) is 7.95. The molecule has 2 aromatic rings. The van der Waals surface area contributed by atoms with E-state index in [4.69, 9.17) is 0 Å². The van der Waals surface area contributed by atoms with Gasteiger partial charge in [0.2, 0.25) is 0 Å².